The molecule has 1 amide bonds. The molecule has 2 saturated heterocycles. The van der Waals surface area contributed by atoms with Gasteiger partial charge in [-0.25, -0.2) is 0 Å². The van der Waals surface area contributed by atoms with Gasteiger partial charge in [-0.05, 0) is 49.2 Å². The Labute approximate surface area is 234 Å². The minimum atomic E-state index is -0.107. The highest BCUT2D eigenvalue weighted by molar-refractivity contribution is 5.93. The van der Waals surface area contributed by atoms with Crippen molar-refractivity contribution in [3.63, 3.8) is 0 Å². The van der Waals surface area contributed by atoms with Gasteiger partial charge >= 0.3 is 0 Å². The van der Waals surface area contributed by atoms with Gasteiger partial charge < -0.3 is 39.4 Å². The molecule has 0 aliphatic carbocycles. The highest BCUT2D eigenvalue weighted by Gasteiger charge is 2.26. The molecule has 0 bridgehead atoms. The number of rotatable bonds is 9. The Morgan fingerprint density at radius 1 is 0.825 bits per heavy atom. The fourth-order valence-corrected chi connectivity index (χ4v) is 5.05. The van der Waals surface area contributed by atoms with E-state index in [1.54, 1.807) is 33.5 Å². The van der Waals surface area contributed by atoms with E-state index in [1.807, 2.05) is 24.3 Å². The Bertz CT molecular complexity index is 1250. The molecule has 2 aliphatic heterocycles. The summed E-state index contributed by atoms with van der Waals surface area (Å²) >= 11 is 0. The zero-order chi connectivity index (χ0) is 27.9. The van der Waals surface area contributed by atoms with Crippen LogP contribution in [-0.4, -0.2) is 76.8 Å². The lowest BCUT2D eigenvalue weighted by molar-refractivity contribution is -0.120. The van der Waals surface area contributed by atoms with E-state index in [-0.39, 0.29) is 11.8 Å². The first-order valence-corrected chi connectivity index (χ1v) is 13.5. The van der Waals surface area contributed by atoms with E-state index in [0.717, 1.165) is 50.9 Å². The van der Waals surface area contributed by atoms with Gasteiger partial charge in [0.05, 0.1) is 34.5 Å². The van der Waals surface area contributed by atoms with Crippen LogP contribution in [0.25, 0.3) is 0 Å². The van der Waals surface area contributed by atoms with E-state index >= 15 is 0 Å². The maximum Gasteiger partial charge on any atom is 0.227 e. The first-order valence-electron chi connectivity index (χ1n) is 13.5. The Kier molecular flexibility index (Phi) is 8.70. The molecule has 0 saturated carbocycles. The number of amides is 1. The van der Waals surface area contributed by atoms with Gasteiger partial charge in [-0.2, -0.15) is 0 Å². The predicted octanol–water partition coefficient (Wildman–Crippen LogP) is 3.94. The van der Waals surface area contributed by atoms with Crippen LogP contribution in [0, 0.1) is 5.92 Å². The van der Waals surface area contributed by atoms with Gasteiger partial charge in [0.25, 0.3) is 0 Å². The number of benzene rings is 2. The van der Waals surface area contributed by atoms with Crippen LogP contribution in [0.3, 0.4) is 0 Å². The number of aromatic nitrogens is 2. The second kappa shape index (κ2) is 12.7. The lowest BCUT2D eigenvalue weighted by Gasteiger charge is -2.31. The van der Waals surface area contributed by atoms with Crippen molar-refractivity contribution in [1.82, 2.24) is 10.2 Å². The molecule has 11 heteroatoms. The van der Waals surface area contributed by atoms with Crippen LogP contribution in [0.5, 0.6) is 17.2 Å². The molecule has 11 nitrogen and oxygen atoms in total. The molecule has 40 heavy (non-hydrogen) atoms. The number of piperidine rings is 1. The number of nitrogens with zero attached hydrogens (tertiary/aromatic N) is 4. The topological polar surface area (TPSA) is 110 Å². The Morgan fingerprint density at radius 2 is 1.50 bits per heavy atom. The van der Waals surface area contributed by atoms with E-state index in [2.05, 4.69) is 42.8 Å². The van der Waals surface area contributed by atoms with Crippen molar-refractivity contribution in [2.24, 2.45) is 5.92 Å². The molecule has 212 valence electrons. The molecule has 5 rings (SSSR count). The van der Waals surface area contributed by atoms with Crippen LogP contribution in [0.4, 0.5) is 28.7 Å². The summed E-state index contributed by atoms with van der Waals surface area (Å²) in [4.78, 5) is 17.5. The van der Waals surface area contributed by atoms with Crippen LogP contribution in [0.2, 0.25) is 0 Å². The molecule has 2 aromatic carbocycles. The van der Waals surface area contributed by atoms with Crippen molar-refractivity contribution >= 4 is 34.6 Å². The van der Waals surface area contributed by atoms with Crippen LogP contribution in [0.15, 0.2) is 48.5 Å². The fraction of sp³-hybridized carbons (Fsp3) is 0.414. The molecule has 0 radical (unpaired) electrons. The molecule has 1 aromatic heterocycles. The lowest BCUT2D eigenvalue weighted by Crippen LogP contribution is -2.38. The van der Waals surface area contributed by atoms with Gasteiger partial charge in [-0.15, -0.1) is 10.2 Å². The monoisotopic (exact) mass is 548 g/mol. The van der Waals surface area contributed by atoms with E-state index in [4.69, 9.17) is 18.9 Å². The standard InChI is InChI=1S/C29H36N6O5/c1-37-24-18-22(19-25(38-2)28(24)39-3)31-29(36)20-10-12-35(13-11-20)27-9-8-26(32-33-27)30-21-4-6-23(7-5-21)34-14-16-40-17-15-34/h4-9,18-20H,10-17H2,1-3H3,(H,30,32)(H,31,36). The summed E-state index contributed by atoms with van der Waals surface area (Å²) in [6.07, 6.45) is 1.43. The molecular formula is C29H36N6O5. The van der Waals surface area contributed by atoms with E-state index in [1.165, 1.54) is 5.69 Å². The zero-order valence-electron chi connectivity index (χ0n) is 23.2. The number of morpholine rings is 1. The van der Waals surface area contributed by atoms with Gasteiger partial charge in [0.2, 0.25) is 11.7 Å². The summed E-state index contributed by atoms with van der Waals surface area (Å²) in [7, 11) is 4.65. The molecular weight excluding hydrogens is 512 g/mol. The molecule has 3 aromatic rings. The zero-order valence-corrected chi connectivity index (χ0v) is 23.2. The number of hydrogen-bond acceptors (Lipinski definition) is 10. The number of hydrogen-bond donors (Lipinski definition) is 2. The predicted molar refractivity (Wildman–Crippen MR) is 154 cm³/mol. The fourth-order valence-electron chi connectivity index (χ4n) is 5.05. The number of anilines is 5. The van der Waals surface area contributed by atoms with Gasteiger partial charge in [-0.3, -0.25) is 4.79 Å². The number of ether oxygens (including phenoxy) is 4. The highest BCUT2D eigenvalue weighted by Crippen LogP contribution is 2.40. The maximum absolute atomic E-state index is 13.0. The molecule has 3 heterocycles. The molecule has 2 N–H and O–H groups in total. The second-order valence-corrected chi connectivity index (χ2v) is 9.71. The first-order chi connectivity index (χ1) is 19.6. The third-order valence-electron chi connectivity index (χ3n) is 7.29. The summed E-state index contributed by atoms with van der Waals surface area (Å²) < 4.78 is 21.6. The van der Waals surface area contributed by atoms with Crippen LogP contribution in [0.1, 0.15) is 12.8 Å². The van der Waals surface area contributed by atoms with E-state index in [9.17, 15) is 4.79 Å². The molecule has 0 atom stereocenters. The number of carbonyl (C=O) groups excluding carboxylic acids is 1. The van der Waals surface area contributed by atoms with Crippen molar-refractivity contribution in [2.45, 2.75) is 12.8 Å². The minimum Gasteiger partial charge on any atom is -0.493 e. The van der Waals surface area contributed by atoms with Crippen molar-refractivity contribution in [3.8, 4) is 17.2 Å². The van der Waals surface area contributed by atoms with Gasteiger partial charge in [0, 0.05) is 61.3 Å². The van der Waals surface area contributed by atoms with Crippen LogP contribution < -0.4 is 34.6 Å². The van der Waals surface area contributed by atoms with Gasteiger partial charge in [0.15, 0.2) is 23.1 Å². The summed E-state index contributed by atoms with van der Waals surface area (Å²) in [6.45, 7) is 4.79. The van der Waals surface area contributed by atoms with Crippen molar-refractivity contribution in [1.29, 1.82) is 0 Å². The highest BCUT2D eigenvalue weighted by atomic mass is 16.5. The maximum atomic E-state index is 13.0. The smallest absolute Gasteiger partial charge is 0.227 e. The van der Waals surface area contributed by atoms with Crippen molar-refractivity contribution in [2.75, 3.05) is 81.2 Å². The summed E-state index contributed by atoms with van der Waals surface area (Å²) in [5.74, 6) is 2.82. The van der Waals surface area contributed by atoms with Gasteiger partial charge in [0.1, 0.15) is 0 Å². The van der Waals surface area contributed by atoms with E-state index in [0.29, 0.717) is 41.6 Å². The van der Waals surface area contributed by atoms with E-state index < -0.39 is 0 Å². The van der Waals surface area contributed by atoms with Gasteiger partial charge in [-0.1, -0.05) is 0 Å². The SMILES string of the molecule is COc1cc(NC(=O)C2CCN(c3ccc(Nc4ccc(N5CCOCC5)cc4)nn3)CC2)cc(OC)c1OC. The Balaban J connectivity index is 1.13. The second-order valence-electron chi connectivity index (χ2n) is 9.71. The van der Waals surface area contributed by atoms with Crippen molar-refractivity contribution in [3.05, 3.63) is 48.5 Å². The van der Waals surface area contributed by atoms with Crippen molar-refractivity contribution < 1.29 is 23.7 Å². The molecule has 0 spiro atoms. The van der Waals surface area contributed by atoms with Crippen LogP contribution in [-0.2, 0) is 9.53 Å². The first kappa shape index (κ1) is 27.3. The summed E-state index contributed by atoms with van der Waals surface area (Å²) in [5.41, 5.74) is 2.75. The molecule has 2 aliphatic rings. The lowest BCUT2D eigenvalue weighted by atomic mass is 9.95. The molecule has 2 fully saturated rings. The quantitative estimate of drug-likeness (QED) is 0.408. The van der Waals surface area contributed by atoms with Crippen LogP contribution >= 0.6 is 0 Å². The Hall–Kier alpha value is -4.25. The summed E-state index contributed by atoms with van der Waals surface area (Å²) in [5, 5.41) is 15.1. The largest absolute Gasteiger partial charge is 0.493 e. The normalized spacial score (nSPS) is 15.9. The number of methoxy groups -OCH3 is 3. The average Bonchev–Trinajstić information content (AvgIpc) is 3.01. The number of nitrogens with one attached hydrogen (secondary N) is 2. The molecule has 0 unspecified atom stereocenters. The Morgan fingerprint density at radius 3 is 2.08 bits per heavy atom. The summed E-state index contributed by atoms with van der Waals surface area (Å²) in [6, 6.07) is 15.7. The third-order valence-corrected chi connectivity index (χ3v) is 7.29. The third kappa shape index (κ3) is 6.31. The average molecular weight is 549 g/mol. The minimum absolute atomic E-state index is 0.0285. The number of carbonyl (C=O) groups is 1.